The van der Waals surface area contributed by atoms with Crippen molar-refractivity contribution in [2.24, 2.45) is 0 Å². The lowest BCUT2D eigenvalue weighted by atomic mass is 10.5. The van der Waals surface area contributed by atoms with Crippen molar-refractivity contribution >= 4 is 35.5 Å². The van der Waals surface area contributed by atoms with Gasteiger partial charge in [0.1, 0.15) is 0 Å². The summed E-state index contributed by atoms with van der Waals surface area (Å²) in [6.07, 6.45) is 45.3. The Bertz CT molecular complexity index is 1120. The lowest BCUT2D eigenvalue weighted by Gasteiger charge is -2.57. The number of hydrogen-bond acceptors (Lipinski definition) is 0. The molecule has 5 aliphatic carbocycles. The molecule has 1 fully saturated rings. The highest BCUT2D eigenvalue weighted by atomic mass is 30.2. The number of rotatable bonds is 10. The summed E-state index contributed by atoms with van der Waals surface area (Å²) in [6, 6.07) is 7.50. The van der Waals surface area contributed by atoms with Crippen LogP contribution in [0.25, 0.3) is 0 Å². The third-order valence-electron chi connectivity index (χ3n) is 12.9. The van der Waals surface area contributed by atoms with Gasteiger partial charge in [-0.15, -0.1) is 0 Å². The van der Waals surface area contributed by atoms with Crippen LogP contribution in [0.2, 0.25) is 30.2 Å². The molecule has 1 saturated heterocycles. The maximum Gasteiger partial charge on any atom is 0.0751 e. The molecule has 5 heteroatoms. The summed E-state index contributed by atoms with van der Waals surface area (Å²) >= 11 is 0. The Morgan fingerprint density at radius 2 is 0.525 bits per heavy atom. The van der Waals surface area contributed by atoms with Crippen LogP contribution in [0.4, 0.5) is 0 Å². The van der Waals surface area contributed by atoms with E-state index in [-0.39, 0.29) is 0 Å². The van der Waals surface area contributed by atoms with Crippen molar-refractivity contribution < 1.29 is 0 Å². The molecule has 1 aliphatic heterocycles. The zero-order chi connectivity index (χ0) is 28.1. The van der Waals surface area contributed by atoms with E-state index in [1.54, 1.807) is 0 Å². The van der Waals surface area contributed by atoms with Crippen LogP contribution < -0.4 is 0 Å². The van der Waals surface area contributed by atoms with Crippen molar-refractivity contribution in [3.63, 3.8) is 0 Å². The Labute approximate surface area is 248 Å². The van der Waals surface area contributed by atoms with Gasteiger partial charge in [0.15, 0.2) is 0 Å². The van der Waals surface area contributed by atoms with Gasteiger partial charge >= 0.3 is 0 Å². The molecule has 0 aromatic rings. The molecule has 0 unspecified atom stereocenters. The van der Waals surface area contributed by atoms with Crippen LogP contribution in [0.15, 0.2) is 117 Å². The second kappa shape index (κ2) is 10.6. The fraction of sp³-hybridized carbons (Fsp3) is 0.429. The smallest absolute Gasteiger partial charge is 0.0751 e. The Balaban J connectivity index is 1.90. The number of hydrogen-bond donors (Lipinski definition) is 0. The fourth-order valence-corrected chi connectivity index (χ4v) is 223. The zero-order valence-electron chi connectivity index (χ0n) is 25.7. The van der Waals surface area contributed by atoms with Gasteiger partial charge in [0.2, 0.25) is 0 Å². The summed E-state index contributed by atoms with van der Waals surface area (Å²) in [5, 5.41) is 10.2. The molecule has 1 heterocycles. The molecule has 210 valence electrons. The molecule has 0 radical (unpaired) electrons. The summed E-state index contributed by atoms with van der Waals surface area (Å²) in [5.74, 6) is 0. The van der Waals surface area contributed by atoms with Gasteiger partial charge in [0.25, 0.3) is 0 Å². The molecular formula is C35H50Si5. The van der Waals surface area contributed by atoms with E-state index in [2.05, 4.69) is 126 Å². The highest BCUT2D eigenvalue weighted by Gasteiger charge is 2.90. The fourth-order valence-electron chi connectivity index (χ4n) is 12.5. The maximum absolute atomic E-state index is 2.74. The van der Waals surface area contributed by atoms with Gasteiger partial charge in [-0.1, -0.05) is 182 Å². The summed E-state index contributed by atoms with van der Waals surface area (Å²) in [7, 11) is -9.82. The predicted octanol–water partition coefficient (Wildman–Crippen LogP) is 9.86. The molecule has 0 N–H and O–H groups in total. The third-order valence-corrected chi connectivity index (χ3v) is 125. The molecule has 0 spiro atoms. The van der Waals surface area contributed by atoms with Crippen molar-refractivity contribution in [3.05, 3.63) is 117 Å². The lowest BCUT2D eigenvalue weighted by molar-refractivity contribution is 1.26. The maximum atomic E-state index is 2.74. The average molecular weight is 611 g/mol. The number of allylic oxidation sites excluding steroid dienone is 20. The largest absolute Gasteiger partial charge is 0.0816 e. The van der Waals surface area contributed by atoms with Gasteiger partial charge in [-0.3, -0.25) is 0 Å². The van der Waals surface area contributed by atoms with E-state index in [1.807, 2.05) is 26.0 Å². The normalized spacial score (nSPS) is 39.4. The quantitative estimate of drug-likeness (QED) is 0.216. The average Bonchev–Trinajstić information content (AvgIpc) is 3.83. The van der Waals surface area contributed by atoms with E-state index < -0.39 is 35.5 Å². The molecule has 0 saturated carbocycles. The molecule has 0 bridgehead atoms. The van der Waals surface area contributed by atoms with Gasteiger partial charge in [0.05, 0.1) is 35.5 Å². The molecule has 0 aromatic carbocycles. The standard InChI is InChI=1S/C35H50Si5/c1-6-36(31-21-11-12-22-31)37(7-2,32-23-13-14-24-32)39(9-4,34-27-17-18-28-34)40(10-5,35-29-19-20-30-35)38(36,8-3)33-25-15-16-26-33/h11-21,23,25,27,29H,6-10,22,24,26,28,30H2,1-5H3. The molecule has 40 heavy (non-hydrogen) atoms. The monoisotopic (exact) mass is 610 g/mol. The Morgan fingerprint density at radius 1 is 0.350 bits per heavy atom. The van der Waals surface area contributed by atoms with Crippen molar-refractivity contribution in [1.29, 1.82) is 0 Å². The summed E-state index contributed by atoms with van der Waals surface area (Å²) in [5.41, 5.74) is 0. The van der Waals surface area contributed by atoms with E-state index in [9.17, 15) is 0 Å². The van der Waals surface area contributed by atoms with Gasteiger partial charge < -0.3 is 0 Å². The SMILES string of the molecule is CC[Si]1(C2=CC=CC2)[Si](CC)(C2=CC=CC2)[Si](CC)(C2=CC=CC2)[Si](CC)(C2=CC=CC2)[Si]1(CC)C1=CC=CC1. The molecular weight excluding hydrogens is 561 g/mol. The highest BCUT2D eigenvalue weighted by molar-refractivity contribution is 8.18. The minimum absolute atomic E-state index is 1.27. The van der Waals surface area contributed by atoms with Gasteiger partial charge in [0, 0.05) is 0 Å². The minimum atomic E-state index is -1.96. The van der Waals surface area contributed by atoms with Crippen LogP contribution in [0, 0.1) is 0 Å². The summed E-state index contributed by atoms with van der Waals surface area (Å²) < 4.78 is 0. The van der Waals surface area contributed by atoms with Crippen LogP contribution in [0.5, 0.6) is 0 Å². The van der Waals surface area contributed by atoms with Crippen LogP contribution in [0.3, 0.4) is 0 Å². The molecule has 6 rings (SSSR count). The molecule has 0 aromatic heterocycles. The van der Waals surface area contributed by atoms with Crippen molar-refractivity contribution in [2.75, 3.05) is 0 Å². The van der Waals surface area contributed by atoms with Crippen LogP contribution >= 0.6 is 0 Å². The first kappa shape index (κ1) is 28.6. The first-order valence-electron chi connectivity index (χ1n) is 16.4. The molecule has 0 nitrogen and oxygen atoms in total. The second-order valence-corrected chi connectivity index (χ2v) is 61.8. The van der Waals surface area contributed by atoms with E-state index in [0.717, 1.165) is 0 Å². The van der Waals surface area contributed by atoms with Crippen molar-refractivity contribution in [3.8, 4) is 0 Å². The van der Waals surface area contributed by atoms with E-state index >= 15 is 0 Å². The third kappa shape index (κ3) is 3.01. The lowest BCUT2D eigenvalue weighted by Crippen LogP contribution is -2.79. The van der Waals surface area contributed by atoms with Crippen LogP contribution in [-0.2, 0) is 0 Å². The first-order chi connectivity index (χ1) is 19.6. The van der Waals surface area contributed by atoms with Crippen molar-refractivity contribution in [1.82, 2.24) is 0 Å². The molecule has 0 atom stereocenters. The predicted molar refractivity (Wildman–Crippen MR) is 190 cm³/mol. The van der Waals surface area contributed by atoms with Gasteiger partial charge in [-0.25, -0.2) is 0 Å². The summed E-state index contributed by atoms with van der Waals surface area (Å²) in [4.78, 5) is 0. The van der Waals surface area contributed by atoms with Gasteiger partial charge in [-0.2, -0.15) is 0 Å². The first-order valence-corrected chi connectivity index (χ1v) is 32.4. The molecule has 0 amide bonds. The van der Waals surface area contributed by atoms with E-state index in [4.69, 9.17) is 0 Å². The van der Waals surface area contributed by atoms with Crippen LogP contribution in [0.1, 0.15) is 66.7 Å². The summed E-state index contributed by atoms with van der Waals surface area (Å²) in [6.45, 7) is 13.7. The van der Waals surface area contributed by atoms with E-state index in [0.29, 0.717) is 0 Å². The van der Waals surface area contributed by atoms with E-state index in [1.165, 1.54) is 62.3 Å². The Hall–Kier alpha value is -1.52. The Morgan fingerprint density at radius 3 is 0.625 bits per heavy atom. The second-order valence-electron chi connectivity index (χ2n) is 12.9. The molecule has 6 aliphatic rings. The zero-order valence-corrected chi connectivity index (χ0v) is 30.7. The van der Waals surface area contributed by atoms with Gasteiger partial charge in [-0.05, 0) is 32.1 Å². The van der Waals surface area contributed by atoms with Crippen molar-refractivity contribution in [2.45, 2.75) is 96.9 Å². The highest BCUT2D eigenvalue weighted by Crippen LogP contribution is 2.69. The minimum Gasteiger partial charge on any atom is -0.0816 e. The topological polar surface area (TPSA) is 0 Å². The van der Waals surface area contributed by atoms with Crippen LogP contribution in [-0.4, -0.2) is 35.5 Å². The Kier molecular flexibility index (Phi) is 7.61.